The van der Waals surface area contributed by atoms with Crippen LogP contribution < -0.4 is 4.74 Å². The van der Waals surface area contributed by atoms with Crippen LogP contribution in [0.1, 0.15) is 12.7 Å². The summed E-state index contributed by atoms with van der Waals surface area (Å²) in [5, 5.41) is 8.52. The molecule has 0 fully saturated rings. The zero-order valence-corrected chi connectivity index (χ0v) is 13.1. The first kappa shape index (κ1) is 14.0. The van der Waals surface area contributed by atoms with E-state index in [2.05, 4.69) is 19.6 Å². The van der Waals surface area contributed by atoms with E-state index in [-0.39, 0.29) is 0 Å². The van der Waals surface area contributed by atoms with Crippen LogP contribution in [0.5, 0.6) is 5.75 Å². The molecule has 108 valence electrons. The predicted octanol–water partition coefficient (Wildman–Crippen LogP) is 3.31. The fourth-order valence-corrected chi connectivity index (χ4v) is 3.08. The highest BCUT2D eigenvalue weighted by Gasteiger charge is 2.12. The maximum Gasteiger partial charge on any atom is 0.284 e. The van der Waals surface area contributed by atoms with Crippen LogP contribution >= 0.6 is 23.3 Å². The van der Waals surface area contributed by atoms with Crippen molar-refractivity contribution in [2.24, 2.45) is 0 Å². The summed E-state index contributed by atoms with van der Waals surface area (Å²) < 4.78 is 15.8. The van der Waals surface area contributed by atoms with Crippen molar-refractivity contribution in [2.45, 2.75) is 22.9 Å². The highest BCUT2D eigenvalue weighted by Crippen LogP contribution is 2.30. The third-order valence-corrected chi connectivity index (χ3v) is 4.31. The molecular formula is C13H12N4O2S2. The lowest BCUT2D eigenvalue weighted by Crippen LogP contribution is -1.82. The molecule has 0 bridgehead atoms. The van der Waals surface area contributed by atoms with Gasteiger partial charge in [0.25, 0.3) is 5.22 Å². The molecule has 0 atom stereocenters. The van der Waals surface area contributed by atoms with Crippen molar-refractivity contribution in [3.05, 3.63) is 30.1 Å². The third kappa shape index (κ3) is 3.22. The molecule has 0 aliphatic heterocycles. The van der Waals surface area contributed by atoms with Crippen molar-refractivity contribution in [3.63, 3.8) is 0 Å². The topological polar surface area (TPSA) is 73.9 Å². The number of benzene rings is 1. The molecule has 0 saturated carbocycles. The molecule has 0 spiro atoms. The molecule has 0 radical (unpaired) electrons. The van der Waals surface area contributed by atoms with Crippen LogP contribution in [0.3, 0.4) is 0 Å². The number of aromatic nitrogens is 4. The van der Waals surface area contributed by atoms with Crippen LogP contribution in [0.25, 0.3) is 11.5 Å². The summed E-state index contributed by atoms with van der Waals surface area (Å²) in [7, 11) is 1.63. The molecule has 1 aromatic carbocycles. The van der Waals surface area contributed by atoms with Gasteiger partial charge in [-0.15, -0.1) is 10.2 Å². The van der Waals surface area contributed by atoms with E-state index in [9.17, 15) is 0 Å². The van der Waals surface area contributed by atoms with Crippen LogP contribution in [0.2, 0.25) is 0 Å². The highest BCUT2D eigenvalue weighted by atomic mass is 32.2. The maximum absolute atomic E-state index is 5.63. The Morgan fingerprint density at radius 1 is 1.24 bits per heavy atom. The lowest BCUT2D eigenvalue weighted by atomic mass is 10.2. The van der Waals surface area contributed by atoms with E-state index in [1.165, 1.54) is 23.3 Å². The number of methoxy groups -OCH3 is 1. The quantitative estimate of drug-likeness (QED) is 0.714. The number of hydrogen-bond acceptors (Lipinski definition) is 8. The van der Waals surface area contributed by atoms with Gasteiger partial charge in [0.05, 0.1) is 7.11 Å². The van der Waals surface area contributed by atoms with E-state index in [0.29, 0.717) is 11.1 Å². The molecule has 3 rings (SSSR count). The van der Waals surface area contributed by atoms with Crippen molar-refractivity contribution < 1.29 is 9.15 Å². The zero-order chi connectivity index (χ0) is 14.7. The number of rotatable bonds is 5. The van der Waals surface area contributed by atoms with E-state index in [4.69, 9.17) is 9.15 Å². The Kier molecular flexibility index (Phi) is 4.16. The van der Waals surface area contributed by atoms with Crippen LogP contribution in [0, 0.1) is 0 Å². The maximum atomic E-state index is 5.63. The first-order valence-corrected chi connectivity index (χ1v) is 7.86. The number of aryl methyl sites for hydroxylation is 1. The van der Waals surface area contributed by atoms with E-state index in [1.54, 1.807) is 7.11 Å². The lowest BCUT2D eigenvalue weighted by molar-refractivity contribution is 0.414. The fourth-order valence-electron chi connectivity index (χ4n) is 1.60. The molecule has 3 aromatic rings. The predicted molar refractivity (Wildman–Crippen MR) is 79.7 cm³/mol. The second kappa shape index (κ2) is 6.23. The first-order valence-electron chi connectivity index (χ1n) is 6.27. The van der Waals surface area contributed by atoms with Gasteiger partial charge in [-0.3, -0.25) is 0 Å². The Bertz CT molecular complexity index is 724. The molecule has 0 N–H and O–H groups in total. The molecule has 0 aliphatic rings. The van der Waals surface area contributed by atoms with Gasteiger partial charge in [-0.2, -0.15) is 4.37 Å². The summed E-state index contributed by atoms with van der Waals surface area (Å²) in [6, 6.07) is 7.46. The van der Waals surface area contributed by atoms with Crippen molar-refractivity contribution in [1.82, 2.24) is 19.6 Å². The van der Waals surface area contributed by atoms with E-state index in [1.807, 2.05) is 31.2 Å². The Hall–Kier alpha value is -1.93. The molecule has 0 saturated heterocycles. The SMILES string of the molecule is CCc1nsc(Sc2nnc(-c3ccc(OC)cc3)o2)n1. The van der Waals surface area contributed by atoms with Crippen LogP contribution in [-0.4, -0.2) is 26.7 Å². The Labute approximate surface area is 129 Å². The summed E-state index contributed by atoms with van der Waals surface area (Å²) in [4.78, 5) is 4.35. The van der Waals surface area contributed by atoms with Gasteiger partial charge in [-0.05, 0) is 35.8 Å². The van der Waals surface area contributed by atoms with Gasteiger partial charge in [0.2, 0.25) is 5.89 Å². The molecular weight excluding hydrogens is 308 g/mol. The lowest BCUT2D eigenvalue weighted by Gasteiger charge is -1.99. The van der Waals surface area contributed by atoms with Gasteiger partial charge in [-0.25, -0.2) is 4.98 Å². The van der Waals surface area contributed by atoms with Gasteiger partial charge >= 0.3 is 0 Å². The van der Waals surface area contributed by atoms with Gasteiger partial charge in [0.1, 0.15) is 11.6 Å². The summed E-state index contributed by atoms with van der Waals surface area (Å²) in [6.45, 7) is 2.02. The minimum absolute atomic E-state index is 0.458. The third-order valence-electron chi connectivity index (χ3n) is 2.68. The monoisotopic (exact) mass is 320 g/mol. The highest BCUT2D eigenvalue weighted by molar-refractivity contribution is 8.00. The van der Waals surface area contributed by atoms with Crippen molar-refractivity contribution in [1.29, 1.82) is 0 Å². The standard InChI is InChI=1S/C13H12N4O2S2/c1-3-10-14-13(21-17-10)20-12-16-15-11(19-12)8-4-6-9(18-2)7-5-8/h4-7H,3H2,1-2H3. The molecule has 6 nitrogen and oxygen atoms in total. The number of ether oxygens (including phenoxy) is 1. The minimum Gasteiger partial charge on any atom is -0.497 e. The molecule has 21 heavy (non-hydrogen) atoms. The minimum atomic E-state index is 0.458. The summed E-state index contributed by atoms with van der Waals surface area (Å²) >= 11 is 2.66. The number of hydrogen-bond donors (Lipinski definition) is 0. The van der Waals surface area contributed by atoms with Crippen molar-refractivity contribution >= 4 is 23.3 Å². The first-order chi connectivity index (χ1) is 10.3. The van der Waals surface area contributed by atoms with Gasteiger partial charge in [0.15, 0.2) is 4.34 Å². The zero-order valence-electron chi connectivity index (χ0n) is 11.4. The molecule has 2 aromatic heterocycles. The van der Waals surface area contributed by atoms with E-state index < -0.39 is 0 Å². The second-order valence-corrected chi connectivity index (χ2v) is 5.98. The van der Waals surface area contributed by atoms with Crippen LogP contribution in [-0.2, 0) is 6.42 Å². The molecule has 0 amide bonds. The van der Waals surface area contributed by atoms with Gasteiger partial charge in [0, 0.05) is 23.7 Å². The van der Waals surface area contributed by atoms with Gasteiger partial charge in [-0.1, -0.05) is 6.92 Å². The van der Waals surface area contributed by atoms with E-state index in [0.717, 1.165) is 27.9 Å². The Morgan fingerprint density at radius 3 is 2.71 bits per heavy atom. The average Bonchev–Trinajstić information content (AvgIpc) is 3.17. The van der Waals surface area contributed by atoms with Crippen molar-refractivity contribution in [2.75, 3.05) is 7.11 Å². The van der Waals surface area contributed by atoms with Crippen LogP contribution in [0.4, 0.5) is 0 Å². The summed E-state index contributed by atoms with van der Waals surface area (Å²) in [5.74, 6) is 2.09. The summed E-state index contributed by atoms with van der Waals surface area (Å²) in [6.07, 6.45) is 0.817. The van der Waals surface area contributed by atoms with Crippen molar-refractivity contribution in [3.8, 4) is 17.2 Å². The number of nitrogens with zero attached hydrogens (tertiary/aromatic N) is 4. The smallest absolute Gasteiger partial charge is 0.284 e. The molecule has 8 heteroatoms. The summed E-state index contributed by atoms with van der Waals surface area (Å²) in [5.41, 5.74) is 0.849. The van der Waals surface area contributed by atoms with Crippen LogP contribution in [0.15, 0.2) is 38.2 Å². The molecule has 2 heterocycles. The van der Waals surface area contributed by atoms with Gasteiger partial charge < -0.3 is 9.15 Å². The Balaban J connectivity index is 1.75. The molecule has 0 aliphatic carbocycles. The second-order valence-electron chi connectivity index (χ2n) is 4.03. The molecule has 0 unspecified atom stereocenters. The van der Waals surface area contributed by atoms with E-state index >= 15 is 0 Å². The fraction of sp³-hybridized carbons (Fsp3) is 0.231. The normalized spacial score (nSPS) is 10.8. The largest absolute Gasteiger partial charge is 0.497 e. The average molecular weight is 320 g/mol. The Morgan fingerprint density at radius 2 is 2.05 bits per heavy atom.